The first-order chi connectivity index (χ1) is 4.86. The van der Waals surface area contributed by atoms with Crippen LogP contribution < -0.4 is 0 Å². The second-order valence-corrected chi connectivity index (χ2v) is 3.26. The maximum atomic E-state index is 4.97. The highest BCUT2D eigenvalue weighted by Gasteiger charge is 2.14. The first kappa shape index (κ1) is 8.71. The van der Waals surface area contributed by atoms with Gasteiger partial charge in [0.05, 0.1) is 0 Å². The lowest BCUT2D eigenvalue weighted by molar-refractivity contribution is -0.330. The monoisotopic (exact) mass is 270 g/mol. The molecule has 0 aromatic carbocycles. The van der Waals surface area contributed by atoms with Crippen molar-refractivity contribution in [3.8, 4) is 0 Å². The van der Waals surface area contributed by atoms with Crippen molar-refractivity contribution in [1.29, 1.82) is 0 Å². The summed E-state index contributed by atoms with van der Waals surface area (Å²) in [6, 6.07) is 0. The second kappa shape index (κ2) is 4.49. The molecule has 4 heteroatoms. The maximum Gasteiger partial charge on any atom is 0.121 e. The molecule has 0 spiro atoms. The molecule has 0 aromatic heterocycles. The minimum atomic E-state index is 0.0651. The van der Waals surface area contributed by atoms with E-state index in [1.165, 1.54) is 0 Å². The summed E-state index contributed by atoms with van der Waals surface area (Å²) < 4.78 is 0. The van der Waals surface area contributed by atoms with Crippen LogP contribution in [0.5, 0.6) is 0 Å². The molecule has 1 rings (SSSR count). The summed E-state index contributed by atoms with van der Waals surface area (Å²) in [6.45, 7) is 0. The summed E-state index contributed by atoms with van der Waals surface area (Å²) >= 11 is 6.57. The predicted octanol–water partition coefficient (Wildman–Crippen LogP) is 2.03. The Kier molecular flexibility index (Phi) is 3.91. The van der Waals surface area contributed by atoms with Gasteiger partial charge in [-0.3, -0.25) is 0 Å². The lowest BCUT2D eigenvalue weighted by Crippen LogP contribution is -2.24. The zero-order valence-corrected chi connectivity index (χ0v) is 8.47. The van der Waals surface area contributed by atoms with Crippen LogP contribution >= 0.6 is 31.9 Å². The molecule has 0 radical (unpaired) electrons. The average molecular weight is 272 g/mol. The number of alkyl halides is 2. The molecule has 10 heavy (non-hydrogen) atoms. The van der Waals surface area contributed by atoms with Gasteiger partial charge < -0.3 is 0 Å². The lowest BCUT2D eigenvalue weighted by atomic mass is 10.3. The molecule has 0 aliphatic carbocycles. The number of hydrogen-bond acceptors (Lipinski definition) is 2. The van der Waals surface area contributed by atoms with Crippen LogP contribution in [-0.2, 0) is 9.78 Å². The molecule has 2 atom stereocenters. The van der Waals surface area contributed by atoms with Gasteiger partial charge in [-0.05, 0) is 0 Å². The van der Waals surface area contributed by atoms with Gasteiger partial charge in [-0.15, -0.1) is 0 Å². The van der Waals surface area contributed by atoms with Gasteiger partial charge in [-0.2, -0.15) is 0 Å². The van der Waals surface area contributed by atoms with E-state index < -0.39 is 0 Å². The van der Waals surface area contributed by atoms with Crippen molar-refractivity contribution in [3.63, 3.8) is 0 Å². The van der Waals surface area contributed by atoms with Crippen LogP contribution in [0.25, 0.3) is 0 Å². The van der Waals surface area contributed by atoms with Crippen LogP contribution in [0.15, 0.2) is 12.2 Å². The van der Waals surface area contributed by atoms with Crippen LogP contribution in [-0.4, -0.2) is 22.9 Å². The van der Waals surface area contributed by atoms with Gasteiger partial charge in [0, 0.05) is 10.7 Å². The second-order valence-electron chi connectivity index (χ2n) is 1.96. The highest BCUT2D eigenvalue weighted by Crippen LogP contribution is 2.11. The number of hydrogen-bond donors (Lipinski definition) is 0. The Hall–Kier alpha value is 0.620. The molecule has 0 fully saturated rings. The van der Waals surface area contributed by atoms with Crippen molar-refractivity contribution in [2.24, 2.45) is 0 Å². The normalized spacial score (nSPS) is 32.6. The molecular formula is C6H8Br2O2. The van der Waals surface area contributed by atoms with Crippen molar-refractivity contribution < 1.29 is 9.78 Å². The SMILES string of the molecule is BrC[C@H]1C=C[C@@H](CBr)OO1. The van der Waals surface area contributed by atoms with Crippen molar-refractivity contribution in [2.45, 2.75) is 12.2 Å². The van der Waals surface area contributed by atoms with E-state index >= 15 is 0 Å². The third-order valence-corrected chi connectivity index (χ3v) is 2.42. The Morgan fingerprint density at radius 2 is 1.40 bits per heavy atom. The van der Waals surface area contributed by atoms with E-state index in [2.05, 4.69) is 31.9 Å². The first-order valence-corrected chi connectivity index (χ1v) is 5.23. The van der Waals surface area contributed by atoms with Crippen molar-refractivity contribution in [3.05, 3.63) is 12.2 Å². The van der Waals surface area contributed by atoms with Crippen molar-refractivity contribution >= 4 is 31.9 Å². The van der Waals surface area contributed by atoms with Crippen LogP contribution in [0.2, 0.25) is 0 Å². The molecule has 0 N–H and O–H groups in total. The van der Waals surface area contributed by atoms with Crippen LogP contribution in [0.4, 0.5) is 0 Å². The molecule has 0 unspecified atom stereocenters. The van der Waals surface area contributed by atoms with Gasteiger partial charge in [0.1, 0.15) is 12.2 Å². The van der Waals surface area contributed by atoms with Crippen molar-refractivity contribution in [2.75, 3.05) is 10.7 Å². The van der Waals surface area contributed by atoms with Gasteiger partial charge in [-0.1, -0.05) is 44.0 Å². The number of halogens is 2. The van der Waals surface area contributed by atoms with E-state index in [9.17, 15) is 0 Å². The maximum absolute atomic E-state index is 4.97. The smallest absolute Gasteiger partial charge is 0.121 e. The van der Waals surface area contributed by atoms with Crippen LogP contribution in [0.1, 0.15) is 0 Å². The van der Waals surface area contributed by atoms with E-state index in [0.717, 1.165) is 10.7 Å². The minimum absolute atomic E-state index is 0.0651. The van der Waals surface area contributed by atoms with Crippen LogP contribution in [0.3, 0.4) is 0 Å². The summed E-state index contributed by atoms with van der Waals surface area (Å²) in [6.07, 6.45) is 4.11. The van der Waals surface area contributed by atoms with Gasteiger partial charge >= 0.3 is 0 Å². The molecule has 0 amide bonds. The Morgan fingerprint density at radius 3 is 1.60 bits per heavy atom. The fraction of sp³-hybridized carbons (Fsp3) is 0.667. The molecule has 0 bridgehead atoms. The Morgan fingerprint density at radius 1 is 1.00 bits per heavy atom. The van der Waals surface area contributed by atoms with E-state index in [0.29, 0.717) is 0 Å². The molecule has 0 saturated carbocycles. The Bertz CT molecular complexity index is 113. The van der Waals surface area contributed by atoms with Gasteiger partial charge in [-0.25, -0.2) is 9.78 Å². The van der Waals surface area contributed by atoms with Gasteiger partial charge in [0.15, 0.2) is 0 Å². The highest BCUT2D eigenvalue weighted by molar-refractivity contribution is 9.09. The summed E-state index contributed by atoms with van der Waals surface area (Å²) in [4.78, 5) is 9.93. The molecule has 0 aromatic rings. The van der Waals surface area contributed by atoms with Gasteiger partial charge in [0.25, 0.3) is 0 Å². The first-order valence-electron chi connectivity index (χ1n) is 2.99. The summed E-state index contributed by atoms with van der Waals surface area (Å²) in [5, 5.41) is 1.55. The molecule has 1 aliphatic heterocycles. The molecule has 0 saturated heterocycles. The van der Waals surface area contributed by atoms with E-state index in [-0.39, 0.29) is 12.2 Å². The molecule has 1 aliphatic rings. The zero-order chi connectivity index (χ0) is 7.40. The Labute approximate surface area is 76.8 Å². The van der Waals surface area contributed by atoms with E-state index in [4.69, 9.17) is 9.78 Å². The summed E-state index contributed by atoms with van der Waals surface area (Å²) in [5.41, 5.74) is 0. The fourth-order valence-electron chi connectivity index (χ4n) is 0.609. The lowest BCUT2D eigenvalue weighted by Gasteiger charge is -2.19. The molecular weight excluding hydrogens is 264 g/mol. The summed E-state index contributed by atoms with van der Waals surface area (Å²) in [7, 11) is 0. The Balaban J connectivity index is 2.36. The van der Waals surface area contributed by atoms with E-state index in [1.807, 2.05) is 12.2 Å². The molecule has 2 nitrogen and oxygen atoms in total. The predicted molar refractivity (Wildman–Crippen MR) is 46.5 cm³/mol. The molecule has 1 heterocycles. The third-order valence-electron chi connectivity index (χ3n) is 1.15. The third kappa shape index (κ3) is 2.34. The summed E-state index contributed by atoms with van der Waals surface area (Å²) in [5.74, 6) is 0. The average Bonchev–Trinajstić information content (AvgIpc) is 2.05. The topological polar surface area (TPSA) is 18.5 Å². The van der Waals surface area contributed by atoms with Gasteiger partial charge in [0.2, 0.25) is 0 Å². The molecule has 58 valence electrons. The minimum Gasteiger partial charge on any atom is -0.228 e. The largest absolute Gasteiger partial charge is 0.228 e. The highest BCUT2D eigenvalue weighted by atomic mass is 79.9. The standard InChI is InChI=1S/C6H8Br2O2/c7-3-5-1-2-6(4-8)10-9-5/h1-2,5-6H,3-4H2/t5-,6+. The quantitative estimate of drug-likeness (QED) is 0.435. The van der Waals surface area contributed by atoms with Crippen molar-refractivity contribution in [1.82, 2.24) is 0 Å². The van der Waals surface area contributed by atoms with Crippen LogP contribution in [0, 0.1) is 0 Å². The number of rotatable bonds is 2. The fourth-order valence-corrected chi connectivity index (χ4v) is 1.26. The van der Waals surface area contributed by atoms with E-state index in [1.54, 1.807) is 0 Å². The zero-order valence-electron chi connectivity index (χ0n) is 5.30.